The Morgan fingerprint density at radius 2 is 2.13 bits per heavy atom. The molecule has 0 radical (unpaired) electrons. The lowest BCUT2D eigenvalue weighted by Crippen LogP contribution is -1.94. The fourth-order valence-electron chi connectivity index (χ4n) is 2.16. The molecule has 1 aromatic rings. The summed E-state index contributed by atoms with van der Waals surface area (Å²) in [6.45, 7) is 1.97. The van der Waals surface area contributed by atoms with E-state index in [2.05, 4.69) is 0 Å². The first-order valence-electron chi connectivity index (χ1n) is 5.15. The summed E-state index contributed by atoms with van der Waals surface area (Å²) in [5.74, 6) is 2.53. The lowest BCUT2D eigenvalue weighted by atomic mass is 10.1. The maximum Gasteiger partial charge on any atom is 0.231 e. The van der Waals surface area contributed by atoms with Crippen LogP contribution in [-0.2, 0) is 4.79 Å². The van der Waals surface area contributed by atoms with Gasteiger partial charge in [0, 0.05) is 5.92 Å². The molecule has 3 nitrogen and oxygen atoms in total. The number of carbonyl (C=O) groups is 1. The van der Waals surface area contributed by atoms with Crippen LogP contribution in [0, 0.1) is 5.92 Å². The van der Waals surface area contributed by atoms with Gasteiger partial charge in [-0.15, -0.1) is 0 Å². The molecule has 2 aliphatic rings. The van der Waals surface area contributed by atoms with E-state index in [1.807, 2.05) is 18.2 Å². The van der Waals surface area contributed by atoms with Gasteiger partial charge in [-0.1, -0.05) is 6.07 Å². The SMILES string of the molecule is CC(=O)[C@@H]1C[C@H]1c1ccc2c(c1)OCO2. The number of benzene rings is 1. The topological polar surface area (TPSA) is 35.5 Å². The summed E-state index contributed by atoms with van der Waals surface area (Å²) in [6.07, 6.45) is 0.981. The molecule has 15 heavy (non-hydrogen) atoms. The van der Waals surface area contributed by atoms with E-state index in [9.17, 15) is 4.79 Å². The first kappa shape index (κ1) is 8.77. The average Bonchev–Trinajstić information content (AvgIpc) is 2.89. The second-order valence-electron chi connectivity index (χ2n) is 4.17. The minimum atomic E-state index is 0.227. The summed E-state index contributed by atoms with van der Waals surface area (Å²) in [5, 5.41) is 0. The summed E-state index contributed by atoms with van der Waals surface area (Å²) in [4.78, 5) is 11.2. The van der Waals surface area contributed by atoms with Gasteiger partial charge in [-0.2, -0.15) is 0 Å². The summed E-state index contributed by atoms with van der Waals surface area (Å²) in [7, 11) is 0. The van der Waals surface area contributed by atoms with Crippen LogP contribution in [0.1, 0.15) is 24.8 Å². The number of rotatable bonds is 2. The molecule has 0 spiro atoms. The Labute approximate surface area is 88.0 Å². The number of ether oxygens (including phenoxy) is 2. The Balaban J connectivity index is 1.86. The Bertz CT molecular complexity index is 425. The summed E-state index contributed by atoms with van der Waals surface area (Å²) in [6, 6.07) is 5.95. The van der Waals surface area contributed by atoms with Crippen LogP contribution >= 0.6 is 0 Å². The zero-order valence-electron chi connectivity index (χ0n) is 8.53. The maximum absolute atomic E-state index is 11.2. The third-order valence-electron chi connectivity index (χ3n) is 3.14. The van der Waals surface area contributed by atoms with E-state index in [1.54, 1.807) is 6.92 Å². The lowest BCUT2D eigenvalue weighted by molar-refractivity contribution is -0.118. The maximum atomic E-state index is 11.2. The van der Waals surface area contributed by atoms with Crippen molar-refractivity contribution in [1.82, 2.24) is 0 Å². The molecular weight excluding hydrogens is 192 g/mol. The van der Waals surface area contributed by atoms with Crippen molar-refractivity contribution in [3.05, 3.63) is 23.8 Å². The van der Waals surface area contributed by atoms with Crippen LogP contribution in [-0.4, -0.2) is 12.6 Å². The normalized spacial score (nSPS) is 26.5. The Morgan fingerprint density at radius 1 is 1.33 bits per heavy atom. The second-order valence-corrected chi connectivity index (χ2v) is 4.17. The summed E-state index contributed by atoms with van der Waals surface area (Å²) in [5.41, 5.74) is 1.19. The van der Waals surface area contributed by atoms with Crippen molar-refractivity contribution in [2.75, 3.05) is 6.79 Å². The molecule has 0 amide bonds. The number of ketones is 1. The molecule has 1 aromatic carbocycles. The first-order valence-corrected chi connectivity index (χ1v) is 5.15. The van der Waals surface area contributed by atoms with Crippen LogP contribution in [0.5, 0.6) is 11.5 Å². The van der Waals surface area contributed by atoms with Crippen molar-refractivity contribution in [1.29, 1.82) is 0 Å². The van der Waals surface area contributed by atoms with Gasteiger partial charge in [0.1, 0.15) is 5.78 Å². The smallest absolute Gasteiger partial charge is 0.231 e. The quantitative estimate of drug-likeness (QED) is 0.740. The molecule has 0 N–H and O–H groups in total. The van der Waals surface area contributed by atoms with Gasteiger partial charge in [-0.05, 0) is 37.0 Å². The number of fused-ring (bicyclic) bond motifs is 1. The van der Waals surface area contributed by atoms with Crippen LogP contribution in [0.25, 0.3) is 0 Å². The van der Waals surface area contributed by atoms with E-state index in [4.69, 9.17) is 9.47 Å². The fourth-order valence-corrected chi connectivity index (χ4v) is 2.16. The van der Waals surface area contributed by atoms with Crippen LogP contribution in [0.15, 0.2) is 18.2 Å². The number of hydrogen-bond acceptors (Lipinski definition) is 3. The molecule has 3 heteroatoms. The molecule has 2 atom stereocenters. The van der Waals surface area contributed by atoms with Gasteiger partial charge in [0.15, 0.2) is 11.5 Å². The second kappa shape index (κ2) is 2.99. The zero-order valence-corrected chi connectivity index (χ0v) is 8.53. The first-order chi connectivity index (χ1) is 7.25. The van der Waals surface area contributed by atoms with E-state index >= 15 is 0 Å². The summed E-state index contributed by atoms with van der Waals surface area (Å²) >= 11 is 0. The molecule has 0 saturated heterocycles. The van der Waals surface area contributed by atoms with Gasteiger partial charge in [0.25, 0.3) is 0 Å². The summed E-state index contributed by atoms with van der Waals surface area (Å²) < 4.78 is 10.5. The minimum absolute atomic E-state index is 0.227. The van der Waals surface area contributed by atoms with Crippen LogP contribution in [0.2, 0.25) is 0 Å². The monoisotopic (exact) mass is 204 g/mol. The Morgan fingerprint density at radius 3 is 2.87 bits per heavy atom. The van der Waals surface area contributed by atoms with E-state index in [-0.39, 0.29) is 11.7 Å². The molecular formula is C12H12O3. The van der Waals surface area contributed by atoms with Crippen molar-refractivity contribution >= 4 is 5.78 Å². The van der Waals surface area contributed by atoms with Crippen molar-refractivity contribution in [2.45, 2.75) is 19.3 Å². The number of hydrogen-bond donors (Lipinski definition) is 0. The molecule has 1 saturated carbocycles. The highest BCUT2D eigenvalue weighted by molar-refractivity contribution is 5.82. The van der Waals surface area contributed by atoms with Gasteiger partial charge in [-0.3, -0.25) is 4.79 Å². The molecule has 1 fully saturated rings. The molecule has 1 heterocycles. The molecule has 0 aromatic heterocycles. The fraction of sp³-hybridized carbons (Fsp3) is 0.417. The zero-order chi connectivity index (χ0) is 10.4. The highest BCUT2D eigenvalue weighted by atomic mass is 16.7. The van der Waals surface area contributed by atoms with Crippen LogP contribution < -0.4 is 9.47 Å². The third kappa shape index (κ3) is 1.39. The lowest BCUT2D eigenvalue weighted by Gasteiger charge is -2.01. The van der Waals surface area contributed by atoms with E-state index < -0.39 is 0 Å². The van der Waals surface area contributed by atoms with Gasteiger partial charge >= 0.3 is 0 Å². The highest BCUT2D eigenvalue weighted by Gasteiger charge is 2.42. The molecule has 1 aliphatic carbocycles. The number of Topliss-reactive ketones (excluding diaryl/α,β-unsaturated/α-hetero) is 1. The van der Waals surface area contributed by atoms with Crippen molar-refractivity contribution in [2.24, 2.45) is 5.92 Å². The van der Waals surface area contributed by atoms with Crippen LogP contribution in [0.4, 0.5) is 0 Å². The minimum Gasteiger partial charge on any atom is -0.454 e. The highest BCUT2D eigenvalue weighted by Crippen LogP contribution is 2.49. The van der Waals surface area contributed by atoms with Crippen molar-refractivity contribution in [3.63, 3.8) is 0 Å². The molecule has 1 aliphatic heterocycles. The van der Waals surface area contributed by atoms with Crippen molar-refractivity contribution < 1.29 is 14.3 Å². The van der Waals surface area contributed by atoms with E-state index in [1.165, 1.54) is 5.56 Å². The third-order valence-corrected chi connectivity index (χ3v) is 3.14. The predicted molar refractivity (Wildman–Crippen MR) is 54.1 cm³/mol. The predicted octanol–water partition coefficient (Wildman–Crippen LogP) is 2.11. The Kier molecular flexibility index (Phi) is 1.75. The Hall–Kier alpha value is -1.51. The van der Waals surface area contributed by atoms with Gasteiger partial charge in [0.05, 0.1) is 0 Å². The standard InChI is InChI=1S/C12H12O3/c1-7(13)9-5-10(9)8-2-3-11-12(4-8)15-6-14-11/h2-4,9-10H,5-6H2,1H3/t9-,10-/m0/s1. The van der Waals surface area contributed by atoms with Gasteiger partial charge in [0.2, 0.25) is 6.79 Å². The average molecular weight is 204 g/mol. The molecule has 0 unspecified atom stereocenters. The molecule has 3 rings (SSSR count). The number of carbonyl (C=O) groups excluding carboxylic acids is 1. The van der Waals surface area contributed by atoms with E-state index in [0.717, 1.165) is 17.9 Å². The van der Waals surface area contributed by atoms with E-state index in [0.29, 0.717) is 12.7 Å². The molecule has 78 valence electrons. The van der Waals surface area contributed by atoms with Gasteiger partial charge < -0.3 is 9.47 Å². The largest absolute Gasteiger partial charge is 0.454 e. The molecule has 0 bridgehead atoms. The van der Waals surface area contributed by atoms with Crippen LogP contribution in [0.3, 0.4) is 0 Å². The van der Waals surface area contributed by atoms with Gasteiger partial charge in [-0.25, -0.2) is 0 Å². The van der Waals surface area contributed by atoms with Crippen molar-refractivity contribution in [3.8, 4) is 11.5 Å².